The molecule has 4 heteroatoms. The third-order valence-electron chi connectivity index (χ3n) is 1.22. The summed E-state index contributed by atoms with van der Waals surface area (Å²) in [7, 11) is -3.36. The Balaban J connectivity index is 4.01. The van der Waals surface area contributed by atoms with Crippen molar-refractivity contribution in [1.82, 2.24) is 0 Å². The second-order valence-corrected chi connectivity index (χ2v) is 13.0. The van der Waals surface area contributed by atoms with Gasteiger partial charge in [-0.3, -0.25) is 0 Å². The Morgan fingerprint density at radius 1 is 1.15 bits per heavy atom. The average molecular weight is 218 g/mol. The van der Waals surface area contributed by atoms with Crippen molar-refractivity contribution in [3.05, 3.63) is 12.2 Å². The van der Waals surface area contributed by atoms with Crippen molar-refractivity contribution in [2.45, 2.75) is 39.7 Å². The van der Waals surface area contributed by atoms with E-state index in [2.05, 4.69) is 39.3 Å². The molecule has 0 saturated heterocycles. The molecular formula is C9H22O2Si2. The molecule has 78 valence electrons. The summed E-state index contributed by atoms with van der Waals surface area (Å²) >= 11 is 0. The quantitative estimate of drug-likeness (QED) is 0.521. The SMILES string of the molecule is C=C(C)CO[Si](C)(C)O[Si](C)(C)C. The molecule has 0 N–H and O–H groups in total. The van der Waals surface area contributed by atoms with E-state index in [1.807, 2.05) is 6.92 Å². The van der Waals surface area contributed by atoms with Gasteiger partial charge in [-0.15, -0.1) is 0 Å². The molecule has 0 aliphatic rings. The van der Waals surface area contributed by atoms with Gasteiger partial charge in [-0.2, -0.15) is 0 Å². The topological polar surface area (TPSA) is 18.5 Å². The number of hydrogen-bond acceptors (Lipinski definition) is 2. The van der Waals surface area contributed by atoms with Crippen LogP contribution in [-0.4, -0.2) is 23.5 Å². The molecule has 0 saturated carbocycles. The molecule has 0 radical (unpaired) electrons. The first kappa shape index (κ1) is 13.1. The van der Waals surface area contributed by atoms with Gasteiger partial charge in [0, 0.05) is 0 Å². The molecule has 0 aromatic rings. The third kappa shape index (κ3) is 8.42. The van der Waals surface area contributed by atoms with Crippen LogP contribution in [0.2, 0.25) is 32.7 Å². The first-order chi connectivity index (χ1) is 5.62. The highest BCUT2D eigenvalue weighted by Gasteiger charge is 2.31. The van der Waals surface area contributed by atoms with Crippen molar-refractivity contribution in [3.8, 4) is 0 Å². The van der Waals surface area contributed by atoms with Crippen molar-refractivity contribution in [1.29, 1.82) is 0 Å². The largest absolute Gasteiger partial charge is 0.436 e. The lowest BCUT2D eigenvalue weighted by atomic mass is 10.4. The molecule has 2 nitrogen and oxygen atoms in total. The van der Waals surface area contributed by atoms with Crippen LogP contribution in [0.1, 0.15) is 6.92 Å². The maximum atomic E-state index is 5.99. The summed E-state index contributed by atoms with van der Waals surface area (Å²) in [6.07, 6.45) is 0. The maximum absolute atomic E-state index is 5.99. The van der Waals surface area contributed by atoms with E-state index in [-0.39, 0.29) is 0 Å². The number of hydrogen-bond donors (Lipinski definition) is 0. The monoisotopic (exact) mass is 218 g/mol. The Morgan fingerprint density at radius 2 is 1.62 bits per heavy atom. The molecule has 13 heavy (non-hydrogen) atoms. The second kappa shape index (κ2) is 4.55. The Bertz CT molecular complexity index is 183. The van der Waals surface area contributed by atoms with Gasteiger partial charge in [-0.25, -0.2) is 0 Å². The standard InChI is InChI=1S/C9H22O2Si2/c1-9(2)8-10-13(6,7)11-12(3,4)5/h1,8H2,2-7H3. The Kier molecular flexibility index (Phi) is 4.58. The third-order valence-corrected chi connectivity index (χ3v) is 6.47. The minimum atomic E-state index is -1.90. The van der Waals surface area contributed by atoms with Crippen molar-refractivity contribution in [2.75, 3.05) is 6.61 Å². The lowest BCUT2D eigenvalue weighted by molar-refractivity contribution is 0.271. The van der Waals surface area contributed by atoms with Crippen LogP contribution in [-0.2, 0) is 8.54 Å². The normalized spacial score (nSPS) is 13.1. The summed E-state index contributed by atoms with van der Waals surface area (Å²) in [4.78, 5) is 0. The van der Waals surface area contributed by atoms with Gasteiger partial charge in [-0.1, -0.05) is 12.2 Å². The van der Waals surface area contributed by atoms with E-state index >= 15 is 0 Å². The maximum Gasteiger partial charge on any atom is 0.321 e. The summed E-state index contributed by atoms with van der Waals surface area (Å²) in [6.45, 7) is 17.1. The van der Waals surface area contributed by atoms with Crippen molar-refractivity contribution in [3.63, 3.8) is 0 Å². The zero-order valence-electron chi connectivity index (χ0n) is 9.73. The van der Waals surface area contributed by atoms with Gasteiger partial charge in [0.15, 0.2) is 8.32 Å². The molecule has 0 aromatic heterocycles. The van der Waals surface area contributed by atoms with Gasteiger partial charge in [0.05, 0.1) is 6.61 Å². The highest BCUT2D eigenvalue weighted by Crippen LogP contribution is 2.15. The van der Waals surface area contributed by atoms with Gasteiger partial charge >= 0.3 is 8.56 Å². The van der Waals surface area contributed by atoms with E-state index in [4.69, 9.17) is 8.54 Å². The minimum absolute atomic E-state index is 0.629. The van der Waals surface area contributed by atoms with E-state index in [1.54, 1.807) is 0 Å². The lowest BCUT2D eigenvalue weighted by Gasteiger charge is -2.30. The molecule has 0 heterocycles. The van der Waals surface area contributed by atoms with Crippen LogP contribution < -0.4 is 0 Å². The van der Waals surface area contributed by atoms with E-state index in [0.717, 1.165) is 5.57 Å². The van der Waals surface area contributed by atoms with Crippen LogP contribution in [0, 0.1) is 0 Å². The summed E-state index contributed by atoms with van der Waals surface area (Å²) < 4.78 is 11.7. The molecule has 0 amide bonds. The molecule has 0 atom stereocenters. The van der Waals surface area contributed by atoms with Gasteiger partial charge < -0.3 is 8.54 Å². The lowest BCUT2D eigenvalue weighted by Crippen LogP contribution is -2.45. The van der Waals surface area contributed by atoms with E-state index in [9.17, 15) is 0 Å². The Hall–Kier alpha value is 0.0938. The van der Waals surface area contributed by atoms with Crippen LogP contribution in [0.25, 0.3) is 0 Å². The fourth-order valence-electron chi connectivity index (χ4n) is 1.06. The smallest absolute Gasteiger partial charge is 0.321 e. The first-order valence-electron chi connectivity index (χ1n) is 4.61. The molecule has 0 spiro atoms. The first-order valence-corrected chi connectivity index (χ1v) is 10.8. The Morgan fingerprint density at radius 3 is 1.92 bits per heavy atom. The molecule has 0 aliphatic heterocycles. The molecule has 0 aromatic carbocycles. The molecule has 0 unspecified atom stereocenters. The van der Waals surface area contributed by atoms with Gasteiger partial charge in [-0.05, 0) is 39.7 Å². The van der Waals surface area contributed by atoms with Crippen LogP contribution in [0.15, 0.2) is 12.2 Å². The average Bonchev–Trinajstić information content (AvgIpc) is 1.78. The van der Waals surface area contributed by atoms with Crippen molar-refractivity contribution in [2.24, 2.45) is 0 Å². The van der Waals surface area contributed by atoms with E-state index in [1.165, 1.54) is 0 Å². The molecular weight excluding hydrogens is 196 g/mol. The van der Waals surface area contributed by atoms with Gasteiger partial charge in [0.25, 0.3) is 0 Å². The fourth-order valence-corrected chi connectivity index (χ4v) is 7.79. The van der Waals surface area contributed by atoms with E-state index in [0.29, 0.717) is 6.61 Å². The van der Waals surface area contributed by atoms with Crippen LogP contribution in [0.5, 0.6) is 0 Å². The van der Waals surface area contributed by atoms with Crippen LogP contribution in [0.3, 0.4) is 0 Å². The molecule has 0 rings (SSSR count). The second-order valence-electron chi connectivity index (χ2n) is 4.86. The fraction of sp³-hybridized carbons (Fsp3) is 0.778. The predicted molar refractivity (Wildman–Crippen MR) is 62.7 cm³/mol. The summed E-state index contributed by atoms with van der Waals surface area (Å²) in [5, 5.41) is 0. The van der Waals surface area contributed by atoms with Crippen molar-refractivity contribution < 1.29 is 8.54 Å². The highest BCUT2D eigenvalue weighted by atomic mass is 28.4. The highest BCUT2D eigenvalue weighted by molar-refractivity contribution is 6.81. The zero-order chi connectivity index (χ0) is 10.7. The van der Waals surface area contributed by atoms with Gasteiger partial charge in [0.1, 0.15) is 0 Å². The van der Waals surface area contributed by atoms with Gasteiger partial charge in [0.2, 0.25) is 0 Å². The predicted octanol–water partition coefficient (Wildman–Crippen LogP) is 3.13. The summed E-state index contributed by atoms with van der Waals surface area (Å²) in [5.41, 5.74) is 1.06. The van der Waals surface area contributed by atoms with Crippen LogP contribution in [0.4, 0.5) is 0 Å². The summed E-state index contributed by atoms with van der Waals surface area (Å²) in [5.74, 6) is 0. The molecule has 0 bridgehead atoms. The summed E-state index contributed by atoms with van der Waals surface area (Å²) in [6, 6.07) is 0. The minimum Gasteiger partial charge on any atom is -0.436 e. The van der Waals surface area contributed by atoms with Crippen LogP contribution >= 0.6 is 0 Å². The molecule has 0 fully saturated rings. The molecule has 0 aliphatic carbocycles. The zero-order valence-corrected chi connectivity index (χ0v) is 11.7. The van der Waals surface area contributed by atoms with Crippen molar-refractivity contribution >= 4 is 16.9 Å². The Labute approximate surface area is 84.3 Å². The van der Waals surface area contributed by atoms with E-state index < -0.39 is 16.9 Å². The number of rotatable bonds is 5.